The molecule has 7 nitrogen and oxygen atoms in total. The predicted octanol–water partition coefficient (Wildman–Crippen LogP) is 4.14. The molecule has 0 unspecified atom stereocenters. The summed E-state index contributed by atoms with van der Waals surface area (Å²) >= 11 is 0. The molecule has 1 fully saturated rings. The van der Waals surface area contributed by atoms with Crippen LogP contribution in [0, 0.1) is 13.8 Å². The molecule has 1 aliphatic rings. The van der Waals surface area contributed by atoms with Crippen LogP contribution in [-0.2, 0) is 0 Å². The van der Waals surface area contributed by atoms with Crippen molar-refractivity contribution in [2.75, 3.05) is 0 Å². The molecule has 0 atom stereocenters. The fourth-order valence-electron chi connectivity index (χ4n) is 5.16. The van der Waals surface area contributed by atoms with Gasteiger partial charge in [-0.2, -0.15) is 5.10 Å². The first-order valence-corrected chi connectivity index (χ1v) is 11.2. The maximum absolute atomic E-state index is 12.9. The Morgan fingerprint density at radius 3 is 2.61 bits per heavy atom. The summed E-state index contributed by atoms with van der Waals surface area (Å²) in [5.74, 6) is 0. The van der Waals surface area contributed by atoms with E-state index in [4.69, 9.17) is 0 Å². The number of hydrogen-bond donors (Lipinski definition) is 2. The highest BCUT2D eigenvalue weighted by Crippen LogP contribution is 2.33. The van der Waals surface area contributed by atoms with Crippen LogP contribution in [0.5, 0.6) is 0 Å². The quantitative estimate of drug-likeness (QED) is 0.522. The minimum Gasteiger partial charge on any atom is -0.312 e. The van der Waals surface area contributed by atoms with Crippen molar-refractivity contribution in [3.8, 4) is 11.1 Å². The summed E-state index contributed by atoms with van der Waals surface area (Å²) in [6.45, 7) is 8.54. The molecule has 4 aromatic rings. The number of aromatic amines is 1. The third-order valence-electron chi connectivity index (χ3n) is 6.56. The number of pyridine rings is 1. The lowest BCUT2D eigenvalue weighted by Crippen LogP contribution is -2.38. The van der Waals surface area contributed by atoms with E-state index in [1.807, 2.05) is 22.2 Å². The molecule has 31 heavy (non-hydrogen) atoms. The van der Waals surface area contributed by atoms with Gasteiger partial charge in [0.2, 0.25) is 0 Å². The number of aromatic nitrogens is 5. The molecule has 0 bridgehead atoms. The van der Waals surface area contributed by atoms with Crippen LogP contribution in [0.3, 0.4) is 0 Å². The van der Waals surface area contributed by atoms with Crippen molar-refractivity contribution in [1.29, 1.82) is 0 Å². The zero-order valence-corrected chi connectivity index (χ0v) is 18.6. The average molecular weight is 419 g/mol. The van der Waals surface area contributed by atoms with Crippen LogP contribution in [0.2, 0.25) is 0 Å². The van der Waals surface area contributed by atoms with E-state index < -0.39 is 0 Å². The van der Waals surface area contributed by atoms with Gasteiger partial charge in [0.1, 0.15) is 6.33 Å². The van der Waals surface area contributed by atoms with E-state index in [2.05, 4.69) is 59.4 Å². The summed E-state index contributed by atoms with van der Waals surface area (Å²) in [6, 6.07) is 7.70. The van der Waals surface area contributed by atoms with Crippen LogP contribution in [0.1, 0.15) is 56.7 Å². The summed E-state index contributed by atoms with van der Waals surface area (Å²) in [5, 5.41) is 7.94. The van der Waals surface area contributed by atoms with Gasteiger partial charge in [0, 0.05) is 29.9 Å². The van der Waals surface area contributed by atoms with Crippen molar-refractivity contribution in [1.82, 2.24) is 29.5 Å². The number of hydrogen-bond acceptors (Lipinski definition) is 4. The molecule has 0 saturated heterocycles. The Hall–Kier alpha value is -2.93. The lowest BCUT2D eigenvalue weighted by atomic mass is 9.90. The summed E-state index contributed by atoms with van der Waals surface area (Å²) in [4.78, 5) is 20.3. The number of rotatable bonds is 4. The molecule has 0 amide bonds. The fourth-order valence-corrected chi connectivity index (χ4v) is 5.16. The number of benzene rings is 1. The molecule has 0 aliphatic heterocycles. The predicted molar refractivity (Wildman–Crippen MR) is 124 cm³/mol. The SMILES string of the molecule is Cc1cc2c(cc1-c1cc(C)c3ncnn3c1)[nH]c(=O)n2[C@H]1CC[C@H](NC(C)C)CC1. The molecule has 1 aliphatic carbocycles. The summed E-state index contributed by atoms with van der Waals surface area (Å²) in [5.41, 5.74) is 7.16. The van der Waals surface area contributed by atoms with Gasteiger partial charge in [-0.3, -0.25) is 4.57 Å². The molecule has 3 aromatic heterocycles. The molecule has 2 N–H and O–H groups in total. The average Bonchev–Trinajstić information content (AvgIpc) is 3.31. The number of H-pyrrole nitrogens is 1. The Morgan fingerprint density at radius 2 is 1.87 bits per heavy atom. The highest BCUT2D eigenvalue weighted by Gasteiger charge is 2.25. The van der Waals surface area contributed by atoms with Crippen LogP contribution >= 0.6 is 0 Å². The number of nitrogens with one attached hydrogen (secondary N) is 2. The molecule has 3 heterocycles. The molecule has 162 valence electrons. The van der Waals surface area contributed by atoms with Gasteiger partial charge < -0.3 is 10.3 Å². The smallest absolute Gasteiger partial charge is 0.312 e. The van der Waals surface area contributed by atoms with Crippen molar-refractivity contribution in [3.05, 3.63) is 52.3 Å². The summed E-state index contributed by atoms with van der Waals surface area (Å²) in [6.07, 6.45) is 7.85. The highest BCUT2D eigenvalue weighted by molar-refractivity contribution is 5.84. The summed E-state index contributed by atoms with van der Waals surface area (Å²) < 4.78 is 3.80. The monoisotopic (exact) mass is 418 g/mol. The van der Waals surface area contributed by atoms with Gasteiger partial charge in [0.25, 0.3) is 0 Å². The van der Waals surface area contributed by atoms with Crippen molar-refractivity contribution in [2.24, 2.45) is 0 Å². The van der Waals surface area contributed by atoms with Crippen molar-refractivity contribution < 1.29 is 0 Å². The standard InChI is InChI=1S/C24H30N6O/c1-14(2)27-18-5-7-19(8-6-18)30-22-10-15(3)20(11-21(22)28-24(30)31)17-9-16(4)23-25-13-26-29(23)12-17/h9-14,18-19,27H,5-8H2,1-4H3,(H,28,31)/t18-,19-. The van der Waals surface area contributed by atoms with Gasteiger partial charge in [0.05, 0.1) is 11.0 Å². The Labute approximate surface area is 181 Å². The van der Waals surface area contributed by atoms with Crippen LogP contribution < -0.4 is 11.0 Å². The summed E-state index contributed by atoms with van der Waals surface area (Å²) in [7, 11) is 0. The molecule has 0 spiro atoms. The first kappa shape index (κ1) is 20.0. The maximum Gasteiger partial charge on any atom is 0.326 e. The molecular weight excluding hydrogens is 388 g/mol. The number of aryl methyl sites for hydroxylation is 2. The number of imidazole rings is 1. The van der Waals surface area contributed by atoms with Gasteiger partial charge in [0.15, 0.2) is 5.65 Å². The van der Waals surface area contributed by atoms with Gasteiger partial charge >= 0.3 is 5.69 Å². The van der Waals surface area contributed by atoms with E-state index in [0.717, 1.165) is 64.6 Å². The Kier molecular flexibility index (Phi) is 4.93. The first-order valence-electron chi connectivity index (χ1n) is 11.2. The van der Waals surface area contributed by atoms with E-state index in [1.165, 1.54) is 0 Å². The first-order chi connectivity index (χ1) is 14.9. The van der Waals surface area contributed by atoms with Crippen LogP contribution in [0.25, 0.3) is 27.8 Å². The second-order valence-electron chi connectivity index (χ2n) is 9.25. The molecule has 0 radical (unpaired) electrons. The molecule has 7 heteroatoms. The topological polar surface area (TPSA) is 80.0 Å². The lowest BCUT2D eigenvalue weighted by molar-refractivity contribution is 0.281. The Balaban J connectivity index is 1.51. The van der Waals surface area contributed by atoms with Gasteiger partial charge in [-0.15, -0.1) is 0 Å². The van der Waals surface area contributed by atoms with Crippen molar-refractivity contribution in [2.45, 2.75) is 71.5 Å². The zero-order chi connectivity index (χ0) is 21.7. The maximum atomic E-state index is 12.9. The Morgan fingerprint density at radius 1 is 1.10 bits per heavy atom. The zero-order valence-electron chi connectivity index (χ0n) is 18.6. The third-order valence-corrected chi connectivity index (χ3v) is 6.56. The second kappa shape index (κ2) is 7.64. The van der Waals surface area contributed by atoms with Crippen molar-refractivity contribution >= 4 is 16.7 Å². The molecule has 5 rings (SSSR count). The van der Waals surface area contributed by atoms with Gasteiger partial charge in [-0.05, 0) is 74.4 Å². The van der Waals surface area contributed by atoms with E-state index in [9.17, 15) is 4.79 Å². The number of fused-ring (bicyclic) bond motifs is 2. The normalized spacial score (nSPS) is 19.6. The van der Waals surface area contributed by atoms with E-state index in [-0.39, 0.29) is 11.7 Å². The van der Waals surface area contributed by atoms with Gasteiger partial charge in [-0.1, -0.05) is 13.8 Å². The molecule has 1 saturated carbocycles. The minimum atomic E-state index is -0.00488. The van der Waals surface area contributed by atoms with E-state index in [1.54, 1.807) is 6.33 Å². The Bertz CT molecular complexity index is 1300. The second-order valence-corrected chi connectivity index (χ2v) is 9.25. The van der Waals surface area contributed by atoms with Crippen LogP contribution in [0.4, 0.5) is 0 Å². The highest BCUT2D eigenvalue weighted by atomic mass is 16.1. The van der Waals surface area contributed by atoms with Crippen molar-refractivity contribution in [3.63, 3.8) is 0 Å². The van der Waals surface area contributed by atoms with Crippen LogP contribution in [-0.4, -0.2) is 36.2 Å². The van der Waals surface area contributed by atoms with Crippen LogP contribution in [0.15, 0.2) is 35.5 Å². The van der Waals surface area contributed by atoms with Gasteiger partial charge in [-0.25, -0.2) is 14.3 Å². The van der Waals surface area contributed by atoms with E-state index >= 15 is 0 Å². The largest absolute Gasteiger partial charge is 0.326 e. The number of nitrogens with zero attached hydrogens (tertiary/aromatic N) is 4. The fraction of sp³-hybridized carbons (Fsp3) is 0.458. The minimum absolute atomic E-state index is 0.00488. The van der Waals surface area contributed by atoms with E-state index in [0.29, 0.717) is 12.1 Å². The molecule has 1 aromatic carbocycles. The third kappa shape index (κ3) is 3.57. The lowest BCUT2D eigenvalue weighted by Gasteiger charge is -2.31. The molecular formula is C24H30N6O.